The van der Waals surface area contributed by atoms with Crippen LogP contribution in [0, 0.1) is 0 Å². The van der Waals surface area contributed by atoms with Gasteiger partial charge in [-0.15, -0.1) is 0 Å². The Morgan fingerprint density at radius 3 is 2.48 bits per heavy atom. The Labute approximate surface area is 126 Å². The van der Waals surface area contributed by atoms with Gasteiger partial charge in [-0.2, -0.15) is 0 Å². The second-order valence-electron chi connectivity index (χ2n) is 5.67. The number of rotatable bonds is 3. The van der Waals surface area contributed by atoms with E-state index in [1.165, 1.54) is 5.56 Å². The molecule has 0 saturated carbocycles. The molecule has 1 saturated heterocycles. The Morgan fingerprint density at radius 1 is 1.00 bits per heavy atom. The normalized spacial score (nSPS) is 19.7. The van der Waals surface area contributed by atoms with Crippen LogP contribution in [0.15, 0.2) is 54.6 Å². The van der Waals surface area contributed by atoms with E-state index >= 15 is 0 Å². The Balaban J connectivity index is 1.98. The number of para-hydroxylation sites is 1. The summed E-state index contributed by atoms with van der Waals surface area (Å²) in [6.07, 6.45) is 0. The first-order valence-corrected chi connectivity index (χ1v) is 7.48. The molecule has 3 nitrogen and oxygen atoms in total. The molecule has 3 rings (SSSR count). The van der Waals surface area contributed by atoms with Gasteiger partial charge in [0.25, 0.3) is 0 Å². The second kappa shape index (κ2) is 6.29. The molecular weight excluding hydrogens is 260 g/mol. The highest BCUT2D eigenvalue weighted by Gasteiger charge is 2.27. The molecule has 21 heavy (non-hydrogen) atoms. The number of benzene rings is 2. The molecule has 1 unspecified atom stereocenters. The molecule has 3 heteroatoms. The van der Waals surface area contributed by atoms with Crippen molar-refractivity contribution in [1.82, 2.24) is 4.90 Å². The zero-order valence-electron chi connectivity index (χ0n) is 12.4. The van der Waals surface area contributed by atoms with Crippen molar-refractivity contribution < 1.29 is 5.11 Å². The van der Waals surface area contributed by atoms with Crippen molar-refractivity contribution in [2.75, 3.05) is 31.6 Å². The van der Waals surface area contributed by atoms with Crippen molar-refractivity contribution in [3.8, 4) is 0 Å². The molecule has 0 radical (unpaired) electrons. The van der Waals surface area contributed by atoms with Crippen LogP contribution in [-0.2, 0) is 6.61 Å². The molecule has 0 aromatic heterocycles. The maximum Gasteiger partial charge on any atom is 0.0702 e. The number of nitrogens with zero attached hydrogens (tertiary/aromatic N) is 2. The van der Waals surface area contributed by atoms with E-state index < -0.39 is 0 Å². The van der Waals surface area contributed by atoms with Crippen LogP contribution >= 0.6 is 0 Å². The average molecular weight is 282 g/mol. The molecular formula is C18H22N2O. The Kier molecular flexibility index (Phi) is 4.23. The average Bonchev–Trinajstić information content (AvgIpc) is 2.55. The van der Waals surface area contributed by atoms with Crippen LogP contribution in [0.4, 0.5) is 5.69 Å². The summed E-state index contributed by atoms with van der Waals surface area (Å²) in [6.45, 7) is 3.12. The van der Waals surface area contributed by atoms with E-state index in [9.17, 15) is 5.11 Å². The number of hydrogen-bond donors (Lipinski definition) is 1. The van der Waals surface area contributed by atoms with Crippen molar-refractivity contribution in [2.45, 2.75) is 12.6 Å². The molecule has 2 aromatic carbocycles. The SMILES string of the molecule is CN1CCN(c2ccccc2CO)C(c2ccccc2)C1. The van der Waals surface area contributed by atoms with Crippen LogP contribution in [-0.4, -0.2) is 36.7 Å². The molecule has 1 atom stereocenters. The Morgan fingerprint density at radius 2 is 1.71 bits per heavy atom. The maximum absolute atomic E-state index is 9.62. The van der Waals surface area contributed by atoms with Gasteiger partial charge in [0.1, 0.15) is 0 Å². The van der Waals surface area contributed by atoms with Crippen molar-refractivity contribution in [3.05, 3.63) is 65.7 Å². The van der Waals surface area contributed by atoms with Gasteiger partial charge in [0.2, 0.25) is 0 Å². The van der Waals surface area contributed by atoms with E-state index in [0.717, 1.165) is 30.9 Å². The molecule has 0 aliphatic carbocycles. The third kappa shape index (κ3) is 2.94. The highest BCUT2D eigenvalue weighted by molar-refractivity contribution is 5.55. The number of hydrogen-bond acceptors (Lipinski definition) is 3. The lowest BCUT2D eigenvalue weighted by Crippen LogP contribution is -2.47. The molecule has 1 aliphatic heterocycles. The Hall–Kier alpha value is -1.84. The van der Waals surface area contributed by atoms with Gasteiger partial charge in [0, 0.05) is 30.9 Å². The molecule has 1 fully saturated rings. The summed E-state index contributed by atoms with van der Waals surface area (Å²) in [4.78, 5) is 4.80. The number of aliphatic hydroxyl groups excluding tert-OH is 1. The molecule has 2 aromatic rings. The fraction of sp³-hybridized carbons (Fsp3) is 0.333. The van der Waals surface area contributed by atoms with Crippen LogP contribution in [0.5, 0.6) is 0 Å². The van der Waals surface area contributed by atoms with Gasteiger partial charge in [0.15, 0.2) is 0 Å². The quantitative estimate of drug-likeness (QED) is 0.937. The Bertz CT molecular complexity index is 585. The minimum absolute atomic E-state index is 0.0873. The molecule has 110 valence electrons. The van der Waals surface area contributed by atoms with E-state index in [4.69, 9.17) is 0 Å². The minimum Gasteiger partial charge on any atom is -0.392 e. The number of piperazine rings is 1. The lowest BCUT2D eigenvalue weighted by molar-refractivity contribution is 0.264. The van der Waals surface area contributed by atoms with Crippen LogP contribution in [0.3, 0.4) is 0 Å². The molecule has 0 bridgehead atoms. The predicted octanol–water partition coefficient (Wildman–Crippen LogP) is 2.67. The minimum atomic E-state index is 0.0873. The summed E-state index contributed by atoms with van der Waals surface area (Å²) >= 11 is 0. The van der Waals surface area contributed by atoms with E-state index in [2.05, 4.69) is 59.3 Å². The van der Waals surface area contributed by atoms with Crippen LogP contribution in [0.25, 0.3) is 0 Å². The first-order chi connectivity index (χ1) is 10.3. The lowest BCUT2D eigenvalue weighted by atomic mass is 10.0. The van der Waals surface area contributed by atoms with Gasteiger partial charge in [0.05, 0.1) is 12.6 Å². The first-order valence-electron chi connectivity index (χ1n) is 7.48. The predicted molar refractivity (Wildman–Crippen MR) is 86.4 cm³/mol. The van der Waals surface area contributed by atoms with Gasteiger partial charge in [-0.1, -0.05) is 48.5 Å². The largest absolute Gasteiger partial charge is 0.392 e. The molecule has 0 amide bonds. The maximum atomic E-state index is 9.62. The van der Waals surface area contributed by atoms with Crippen LogP contribution in [0.2, 0.25) is 0 Å². The lowest BCUT2D eigenvalue weighted by Gasteiger charge is -2.42. The summed E-state index contributed by atoms with van der Waals surface area (Å²) < 4.78 is 0. The standard InChI is InChI=1S/C18H22N2O/c1-19-11-12-20(17-10-6-5-9-16(17)14-21)18(13-19)15-7-3-2-4-8-15/h2-10,18,21H,11-14H2,1H3. The second-order valence-corrected chi connectivity index (χ2v) is 5.67. The van der Waals surface area contributed by atoms with Crippen molar-refractivity contribution in [2.24, 2.45) is 0 Å². The summed E-state index contributed by atoms with van der Waals surface area (Å²) in [5, 5.41) is 9.62. The van der Waals surface area contributed by atoms with Crippen molar-refractivity contribution in [3.63, 3.8) is 0 Å². The molecule has 1 N–H and O–H groups in total. The summed E-state index contributed by atoms with van der Waals surface area (Å²) in [7, 11) is 2.17. The highest BCUT2D eigenvalue weighted by Crippen LogP contribution is 2.32. The molecule has 1 heterocycles. The van der Waals surface area contributed by atoms with E-state index in [0.29, 0.717) is 6.04 Å². The fourth-order valence-corrected chi connectivity index (χ4v) is 3.09. The molecule has 0 spiro atoms. The topological polar surface area (TPSA) is 26.7 Å². The van der Waals surface area contributed by atoms with Gasteiger partial charge in [-0.05, 0) is 18.7 Å². The monoisotopic (exact) mass is 282 g/mol. The van der Waals surface area contributed by atoms with E-state index in [-0.39, 0.29) is 6.61 Å². The van der Waals surface area contributed by atoms with E-state index in [1.54, 1.807) is 0 Å². The number of likely N-dealkylation sites (N-methyl/N-ethyl adjacent to an activating group) is 1. The fourth-order valence-electron chi connectivity index (χ4n) is 3.09. The van der Waals surface area contributed by atoms with Gasteiger partial charge < -0.3 is 14.9 Å². The van der Waals surface area contributed by atoms with Gasteiger partial charge in [-0.3, -0.25) is 0 Å². The van der Waals surface area contributed by atoms with Crippen LogP contribution in [0.1, 0.15) is 17.2 Å². The number of aliphatic hydroxyl groups is 1. The van der Waals surface area contributed by atoms with E-state index in [1.807, 2.05) is 12.1 Å². The third-order valence-electron chi connectivity index (χ3n) is 4.24. The highest BCUT2D eigenvalue weighted by atomic mass is 16.3. The summed E-state index contributed by atoms with van der Waals surface area (Å²) in [6, 6.07) is 19.1. The van der Waals surface area contributed by atoms with Gasteiger partial charge in [-0.25, -0.2) is 0 Å². The number of anilines is 1. The van der Waals surface area contributed by atoms with Crippen LogP contribution < -0.4 is 4.90 Å². The first kappa shape index (κ1) is 14.1. The van der Waals surface area contributed by atoms with Gasteiger partial charge >= 0.3 is 0 Å². The smallest absolute Gasteiger partial charge is 0.0702 e. The zero-order chi connectivity index (χ0) is 14.7. The third-order valence-corrected chi connectivity index (χ3v) is 4.24. The zero-order valence-corrected chi connectivity index (χ0v) is 12.4. The summed E-state index contributed by atoms with van der Waals surface area (Å²) in [5.74, 6) is 0. The van der Waals surface area contributed by atoms with Crippen molar-refractivity contribution >= 4 is 5.69 Å². The molecule has 1 aliphatic rings. The van der Waals surface area contributed by atoms with Crippen molar-refractivity contribution in [1.29, 1.82) is 0 Å². The summed E-state index contributed by atoms with van der Waals surface area (Å²) in [5.41, 5.74) is 3.49.